The van der Waals surface area contributed by atoms with Gasteiger partial charge in [0.15, 0.2) is 6.10 Å². The molecule has 1 saturated carbocycles. The predicted octanol–water partition coefficient (Wildman–Crippen LogP) is 5.05. The third-order valence-electron chi connectivity index (χ3n) is 4.94. The summed E-state index contributed by atoms with van der Waals surface area (Å²) in [4.78, 5) is 1.38. The van der Waals surface area contributed by atoms with E-state index in [9.17, 15) is 31.4 Å². The van der Waals surface area contributed by atoms with E-state index in [0.717, 1.165) is 12.5 Å². The number of nitrogens with zero attached hydrogens (tertiary/aromatic N) is 1. The van der Waals surface area contributed by atoms with Gasteiger partial charge in [0.25, 0.3) is 0 Å². The molecule has 0 radical (unpaired) electrons. The number of hydrogen-bond donors (Lipinski definition) is 1. The summed E-state index contributed by atoms with van der Waals surface area (Å²) in [5, 5.41) is 9.62. The van der Waals surface area contributed by atoms with Crippen LogP contribution in [0.3, 0.4) is 0 Å². The number of hydrogen-bond acceptors (Lipinski definition) is 4. The van der Waals surface area contributed by atoms with Crippen molar-refractivity contribution in [3.8, 4) is 5.75 Å². The van der Waals surface area contributed by atoms with Crippen LogP contribution in [0.2, 0.25) is 0 Å². The summed E-state index contributed by atoms with van der Waals surface area (Å²) in [6.07, 6.45) is -10.1. The van der Waals surface area contributed by atoms with E-state index in [0.29, 0.717) is 19.3 Å². The van der Waals surface area contributed by atoms with Crippen molar-refractivity contribution in [3.63, 3.8) is 0 Å². The molecule has 1 aromatic rings. The van der Waals surface area contributed by atoms with E-state index in [1.807, 2.05) is 13.8 Å². The van der Waals surface area contributed by atoms with Gasteiger partial charge in [-0.05, 0) is 45.6 Å². The van der Waals surface area contributed by atoms with Crippen LogP contribution in [0.1, 0.15) is 45.1 Å². The predicted molar refractivity (Wildman–Crippen MR) is 97.9 cm³/mol. The number of ether oxygens (including phenoxy) is 2. The number of aliphatic hydroxyl groups is 1. The Labute approximate surface area is 171 Å². The second-order valence-corrected chi connectivity index (χ2v) is 7.77. The molecular formula is C20H27F6NO3. The lowest BCUT2D eigenvalue weighted by Gasteiger charge is -2.39. The summed E-state index contributed by atoms with van der Waals surface area (Å²) in [5.41, 5.74) is 0.0936. The van der Waals surface area contributed by atoms with E-state index >= 15 is 0 Å². The largest absolute Gasteiger partial charge is 0.573 e. The molecule has 0 heterocycles. The Morgan fingerprint density at radius 2 is 1.77 bits per heavy atom. The van der Waals surface area contributed by atoms with Crippen LogP contribution in [0, 0.1) is 0 Å². The number of halogens is 6. The van der Waals surface area contributed by atoms with Crippen molar-refractivity contribution < 1.29 is 40.9 Å². The molecule has 172 valence electrons. The molecule has 1 aliphatic carbocycles. The lowest BCUT2D eigenvalue weighted by Crippen LogP contribution is -2.47. The minimum Gasteiger partial charge on any atom is -0.405 e. The average molecular weight is 443 g/mol. The maximum Gasteiger partial charge on any atom is 0.573 e. The molecular weight excluding hydrogens is 416 g/mol. The molecule has 1 fully saturated rings. The Bertz CT molecular complexity index is 665. The van der Waals surface area contributed by atoms with Gasteiger partial charge >= 0.3 is 12.5 Å². The number of aliphatic hydroxyl groups excluding tert-OH is 1. The summed E-state index contributed by atoms with van der Waals surface area (Å²) in [7, 11) is 0. The first-order chi connectivity index (χ1) is 13.8. The third-order valence-corrected chi connectivity index (χ3v) is 4.94. The van der Waals surface area contributed by atoms with Crippen molar-refractivity contribution in [1.29, 1.82) is 0 Å². The van der Waals surface area contributed by atoms with Crippen molar-refractivity contribution in [1.82, 2.24) is 4.90 Å². The Morgan fingerprint density at radius 3 is 2.37 bits per heavy atom. The van der Waals surface area contributed by atoms with Gasteiger partial charge in [-0.1, -0.05) is 18.2 Å². The zero-order chi connectivity index (χ0) is 22.5. The smallest absolute Gasteiger partial charge is 0.405 e. The monoisotopic (exact) mass is 443 g/mol. The molecule has 0 saturated heterocycles. The van der Waals surface area contributed by atoms with Gasteiger partial charge in [-0.25, -0.2) is 0 Å². The lowest BCUT2D eigenvalue weighted by molar-refractivity contribution is -0.275. The summed E-state index contributed by atoms with van der Waals surface area (Å²) in [6.45, 7) is 2.75. The Kier molecular flexibility index (Phi) is 8.41. The summed E-state index contributed by atoms with van der Waals surface area (Å²) in [6, 6.07) is 4.96. The van der Waals surface area contributed by atoms with Gasteiger partial charge in [-0.3, -0.25) is 4.90 Å². The van der Waals surface area contributed by atoms with Crippen LogP contribution >= 0.6 is 0 Å². The first-order valence-electron chi connectivity index (χ1n) is 9.83. The molecule has 1 aromatic carbocycles. The molecule has 3 atom stereocenters. The first kappa shape index (κ1) is 24.7. The quantitative estimate of drug-likeness (QED) is 0.572. The second kappa shape index (κ2) is 10.2. The zero-order valence-electron chi connectivity index (χ0n) is 16.8. The van der Waals surface area contributed by atoms with E-state index in [4.69, 9.17) is 4.74 Å². The average Bonchev–Trinajstić information content (AvgIpc) is 2.60. The maximum atomic E-state index is 13.0. The minimum absolute atomic E-state index is 0.0520. The normalized spacial score (nSPS) is 21.8. The second-order valence-electron chi connectivity index (χ2n) is 7.77. The summed E-state index contributed by atoms with van der Waals surface area (Å²) >= 11 is 0. The minimum atomic E-state index is -4.92. The molecule has 3 unspecified atom stereocenters. The number of rotatable bonds is 8. The highest BCUT2D eigenvalue weighted by Crippen LogP contribution is 2.32. The highest BCUT2D eigenvalue weighted by molar-refractivity contribution is 5.33. The Morgan fingerprint density at radius 1 is 1.10 bits per heavy atom. The highest BCUT2D eigenvalue weighted by atomic mass is 19.4. The van der Waals surface area contributed by atoms with Crippen molar-refractivity contribution in [2.75, 3.05) is 6.54 Å². The topological polar surface area (TPSA) is 41.9 Å². The fraction of sp³-hybridized carbons (Fsp3) is 0.700. The fourth-order valence-corrected chi connectivity index (χ4v) is 3.71. The van der Waals surface area contributed by atoms with Crippen molar-refractivity contribution >= 4 is 0 Å². The molecule has 0 spiro atoms. The van der Waals surface area contributed by atoms with Gasteiger partial charge in [0.2, 0.25) is 0 Å². The van der Waals surface area contributed by atoms with Gasteiger partial charge in [0.05, 0.1) is 12.2 Å². The lowest BCUT2D eigenvalue weighted by atomic mass is 9.91. The molecule has 30 heavy (non-hydrogen) atoms. The molecule has 0 bridgehead atoms. The van der Waals surface area contributed by atoms with Gasteiger partial charge in [0, 0.05) is 24.7 Å². The molecule has 4 nitrogen and oxygen atoms in total. The van der Waals surface area contributed by atoms with Crippen molar-refractivity contribution in [3.05, 3.63) is 29.8 Å². The van der Waals surface area contributed by atoms with Gasteiger partial charge in [-0.2, -0.15) is 13.2 Å². The van der Waals surface area contributed by atoms with Gasteiger partial charge < -0.3 is 14.6 Å². The molecule has 0 aromatic heterocycles. The number of para-hydroxylation sites is 1. The van der Waals surface area contributed by atoms with E-state index < -0.39 is 30.9 Å². The fourth-order valence-electron chi connectivity index (χ4n) is 3.71. The molecule has 0 aliphatic heterocycles. The Balaban J connectivity index is 2.24. The Hall–Kier alpha value is -1.52. The first-order valence-corrected chi connectivity index (χ1v) is 9.83. The van der Waals surface area contributed by atoms with E-state index in [1.165, 1.54) is 23.1 Å². The van der Waals surface area contributed by atoms with E-state index in [2.05, 4.69) is 4.74 Å². The SMILES string of the molecule is CC(C)OC1CCCC(N(Cc2ccccc2OC(F)(F)F)CC(O)C(F)(F)F)C1. The van der Waals surface area contributed by atoms with Crippen LogP contribution in [0.25, 0.3) is 0 Å². The molecule has 10 heteroatoms. The number of alkyl halides is 6. The summed E-state index contributed by atoms with van der Waals surface area (Å²) < 4.78 is 86.9. The molecule has 1 aliphatic rings. The highest BCUT2D eigenvalue weighted by Gasteiger charge is 2.41. The zero-order valence-corrected chi connectivity index (χ0v) is 16.8. The van der Waals surface area contributed by atoms with E-state index in [1.54, 1.807) is 0 Å². The van der Waals surface area contributed by atoms with Crippen LogP contribution in [-0.2, 0) is 11.3 Å². The maximum absolute atomic E-state index is 13.0. The van der Waals surface area contributed by atoms with Crippen LogP contribution in [0.4, 0.5) is 26.3 Å². The van der Waals surface area contributed by atoms with Gasteiger partial charge in [0.1, 0.15) is 5.75 Å². The van der Waals surface area contributed by atoms with Crippen LogP contribution in [-0.4, -0.2) is 53.4 Å². The number of benzene rings is 1. The van der Waals surface area contributed by atoms with Crippen LogP contribution in [0.15, 0.2) is 24.3 Å². The van der Waals surface area contributed by atoms with Crippen molar-refractivity contribution in [2.45, 2.75) is 83.0 Å². The molecule has 1 N–H and O–H groups in total. The standard InChI is InChI=1S/C20H27F6NO3/c1-13(2)29-16-8-5-7-15(10-16)27(12-18(28)19(21,22)23)11-14-6-3-4-9-17(14)30-20(24,25)26/h3-4,6,9,13,15-16,18,28H,5,7-8,10-12H2,1-2H3. The molecule has 0 amide bonds. The van der Waals surface area contributed by atoms with E-state index in [-0.39, 0.29) is 30.4 Å². The van der Waals surface area contributed by atoms with Gasteiger partial charge in [-0.15, -0.1) is 13.2 Å². The molecule has 2 rings (SSSR count). The van der Waals surface area contributed by atoms with Crippen LogP contribution < -0.4 is 4.74 Å². The van der Waals surface area contributed by atoms with Crippen molar-refractivity contribution in [2.24, 2.45) is 0 Å². The third kappa shape index (κ3) is 7.96. The summed E-state index contributed by atoms with van der Waals surface area (Å²) in [5.74, 6) is -0.470. The van der Waals surface area contributed by atoms with Crippen LogP contribution in [0.5, 0.6) is 5.75 Å².